The lowest BCUT2D eigenvalue weighted by atomic mass is 10.1. The van der Waals surface area contributed by atoms with Crippen LogP contribution in [0.3, 0.4) is 0 Å². The van der Waals surface area contributed by atoms with E-state index in [1.165, 1.54) is 0 Å². The molecule has 1 aliphatic heterocycles. The van der Waals surface area contributed by atoms with Crippen LogP contribution in [0.2, 0.25) is 0 Å². The summed E-state index contributed by atoms with van der Waals surface area (Å²) < 4.78 is 26.6. The first-order valence-corrected chi connectivity index (χ1v) is 9.28. The zero-order valence-corrected chi connectivity index (χ0v) is 13.7. The molecule has 0 amide bonds. The van der Waals surface area contributed by atoms with Gasteiger partial charge in [-0.3, -0.25) is 0 Å². The van der Waals surface area contributed by atoms with Crippen LogP contribution in [0.5, 0.6) is 0 Å². The van der Waals surface area contributed by atoms with Crippen molar-refractivity contribution in [2.45, 2.75) is 23.5 Å². The van der Waals surface area contributed by atoms with Gasteiger partial charge < -0.3 is 5.73 Å². The molecule has 1 aliphatic rings. The molecule has 110 valence electrons. The van der Waals surface area contributed by atoms with Crippen LogP contribution in [-0.4, -0.2) is 41.8 Å². The first-order chi connectivity index (χ1) is 9.39. The minimum Gasteiger partial charge on any atom is -0.393 e. The van der Waals surface area contributed by atoms with E-state index >= 15 is 0 Å². The smallest absolute Gasteiger partial charge is 0.243 e. The fourth-order valence-corrected chi connectivity index (χ4v) is 5.05. The van der Waals surface area contributed by atoms with Crippen molar-refractivity contribution in [1.82, 2.24) is 4.31 Å². The molecule has 7 heteroatoms. The Hall–Kier alpha value is -0.630. The van der Waals surface area contributed by atoms with Gasteiger partial charge in [0.1, 0.15) is 0 Å². The number of nitrogens with two attached hydrogens (primary N) is 1. The fraction of sp³-hybridized carbons (Fsp3) is 0.462. The standard InChI is InChI=1S/C13H18N2O2S3/c1-10-9-15(6-7-19-10)20(16,17)12-4-2-11(3-5-12)8-13(14)18/h2-5,10H,6-9H2,1H3,(H2,14,18). The lowest BCUT2D eigenvalue weighted by Gasteiger charge is -2.29. The minimum absolute atomic E-state index is 0.336. The fourth-order valence-electron chi connectivity index (χ4n) is 2.13. The summed E-state index contributed by atoms with van der Waals surface area (Å²) in [4.78, 5) is 0.741. The van der Waals surface area contributed by atoms with Gasteiger partial charge in [0.15, 0.2) is 0 Å². The monoisotopic (exact) mass is 330 g/mol. The summed E-state index contributed by atoms with van der Waals surface area (Å²) in [5.41, 5.74) is 6.41. The largest absolute Gasteiger partial charge is 0.393 e. The number of nitrogens with zero attached hydrogens (tertiary/aromatic N) is 1. The number of thioether (sulfide) groups is 1. The number of benzene rings is 1. The number of thiocarbonyl (C=S) groups is 1. The maximum atomic E-state index is 12.5. The zero-order valence-electron chi connectivity index (χ0n) is 11.3. The van der Waals surface area contributed by atoms with Gasteiger partial charge in [0.25, 0.3) is 0 Å². The highest BCUT2D eigenvalue weighted by molar-refractivity contribution is 8.00. The molecule has 4 nitrogen and oxygen atoms in total. The Kier molecular flexibility index (Phi) is 5.06. The zero-order chi connectivity index (χ0) is 14.8. The van der Waals surface area contributed by atoms with Crippen LogP contribution in [-0.2, 0) is 16.4 Å². The van der Waals surface area contributed by atoms with Crippen molar-refractivity contribution in [3.63, 3.8) is 0 Å². The Morgan fingerprint density at radius 1 is 1.45 bits per heavy atom. The van der Waals surface area contributed by atoms with Crippen molar-refractivity contribution < 1.29 is 8.42 Å². The number of sulfonamides is 1. The average Bonchev–Trinajstić information content (AvgIpc) is 2.38. The van der Waals surface area contributed by atoms with Gasteiger partial charge in [-0.05, 0) is 17.7 Å². The second kappa shape index (κ2) is 6.43. The summed E-state index contributed by atoms with van der Waals surface area (Å²) >= 11 is 6.66. The van der Waals surface area contributed by atoms with E-state index in [1.807, 2.05) is 11.8 Å². The van der Waals surface area contributed by atoms with Crippen LogP contribution >= 0.6 is 24.0 Å². The van der Waals surface area contributed by atoms with E-state index in [0.29, 0.717) is 34.6 Å². The molecular weight excluding hydrogens is 312 g/mol. The van der Waals surface area contributed by atoms with Crippen molar-refractivity contribution >= 4 is 39.0 Å². The number of hydrogen-bond acceptors (Lipinski definition) is 4. The summed E-state index contributed by atoms with van der Waals surface area (Å²) in [5.74, 6) is 0.847. The van der Waals surface area contributed by atoms with Crippen molar-refractivity contribution in [2.75, 3.05) is 18.8 Å². The van der Waals surface area contributed by atoms with Crippen LogP contribution in [0.4, 0.5) is 0 Å². The summed E-state index contributed by atoms with van der Waals surface area (Å²) in [6.45, 7) is 3.20. The van der Waals surface area contributed by atoms with Crippen molar-refractivity contribution in [2.24, 2.45) is 5.73 Å². The third kappa shape index (κ3) is 3.72. The van der Waals surface area contributed by atoms with Crippen LogP contribution in [0, 0.1) is 0 Å². The molecule has 0 radical (unpaired) electrons. The highest BCUT2D eigenvalue weighted by Gasteiger charge is 2.28. The molecule has 1 unspecified atom stereocenters. The van der Waals surface area contributed by atoms with Crippen LogP contribution in [0.25, 0.3) is 0 Å². The molecule has 0 aliphatic carbocycles. The third-order valence-corrected chi connectivity index (χ3v) is 6.30. The molecule has 1 atom stereocenters. The van der Waals surface area contributed by atoms with E-state index < -0.39 is 10.0 Å². The van der Waals surface area contributed by atoms with Crippen LogP contribution in [0.15, 0.2) is 29.2 Å². The Balaban J connectivity index is 2.19. The summed E-state index contributed by atoms with van der Waals surface area (Å²) in [5, 5.41) is 0.340. The molecular formula is C13H18N2O2S3. The SMILES string of the molecule is CC1CN(S(=O)(=O)c2ccc(CC(N)=S)cc2)CCS1. The van der Waals surface area contributed by atoms with Gasteiger partial charge in [0, 0.05) is 30.5 Å². The van der Waals surface area contributed by atoms with E-state index in [9.17, 15) is 8.42 Å². The molecule has 20 heavy (non-hydrogen) atoms. The highest BCUT2D eigenvalue weighted by atomic mass is 32.2. The highest BCUT2D eigenvalue weighted by Crippen LogP contribution is 2.24. The summed E-state index contributed by atoms with van der Waals surface area (Å²) in [6, 6.07) is 6.81. The Morgan fingerprint density at radius 3 is 2.65 bits per heavy atom. The average molecular weight is 331 g/mol. The lowest BCUT2D eigenvalue weighted by Crippen LogP contribution is -2.40. The van der Waals surface area contributed by atoms with E-state index in [2.05, 4.69) is 6.92 Å². The predicted molar refractivity (Wildman–Crippen MR) is 87.6 cm³/mol. The van der Waals surface area contributed by atoms with Gasteiger partial charge in [-0.25, -0.2) is 8.42 Å². The Morgan fingerprint density at radius 2 is 2.10 bits per heavy atom. The molecule has 1 aromatic carbocycles. The molecule has 1 fully saturated rings. The normalized spacial score (nSPS) is 20.8. The Labute approximate surface area is 129 Å². The number of rotatable bonds is 4. The molecule has 0 spiro atoms. The van der Waals surface area contributed by atoms with Gasteiger partial charge in [-0.1, -0.05) is 31.3 Å². The quantitative estimate of drug-likeness (QED) is 0.850. The van der Waals surface area contributed by atoms with Crippen molar-refractivity contribution in [3.05, 3.63) is 29.8 Å². The Bertz CT molecular complexity index is 584. The number of hydrogen-bond donors (Lipinski definition) is 1. The predicted octanol–water partition coefficient (Wildman–Crippen LogP) is 1.64. The van der Waals surface area contributed by atoms with Gasteiger partial charge in [0.2, 0.25) is 10.0 Å². The van der Waals surface area contributed by atoms with E-state index in [1.54, 1.807) is 28.6 Å². The van der Waals surface area contributed by atoms with E-state index in [0.717, 1.165) is 11.3 Å². The van der Waals surface area contributed by atoms with E-state index in [-0.39, 0.29) is 0 Å². The molecule has 1 heterocycles. The van der Waals surface area contributed by atoms with Crippen molar-refractivity contribution in [3.8, 4) is 0 Å². The minimum atomic E-state index is -3.38. The van der Waals surface area contributed by atoms with Gasteiger partial charge in [-0.2, -0.15) is 16.1 Å². The first-order valence-electron chi connectivity index (χ1n) is 6.38. The van der Waals surface area contributed by atoms with Gasteiger partial charge >= 0.3 is 0 Å². The van der Waals surface area contributed by atoms with Crippen molar-refractivity contribution in [1.29, 1.82) is 0 Å². The summed E-state index contributed by atoms with van der Waals surface area (Å²) in [7, 11) is -3.38. The van der Waals surface area contributed by atoms with E-state index in [4.69, 9.17) is 18.0 Å². The second-order valence-electron chi connectivity index (χ2n) is 4.83. The molecule has 1 saturated heterocycles. The maximum absolute atomic E-state index is 12.5. The summed E-state index contributed by atoms with van der Waals surface area (Å²) in [6.07, 6.45) is 0.493. The van der Waals surface area contributed by atoms with Gasteiger partial charge in [0.05, 0.1) is 9.88 Å². The van der Waals surface area contributed by atoms with Crippen LogP contribution < -0.4 is 5.73 Å². The molecule has 0 aromatic heterocycles. The lowest BCUT2D eigenvalue weighted by molar-refractivity contribution is 0.424. The molecule has 2 N–H and O–H groups in total. The second-order valence-corrected chi connectivity index (χ2v) is 8.84. The molecule has 0 bridgehead atoms. The molecule has 2 rings (SSSR count). The first kappa shape index (κ1) is 15.8. The molecule has 0 saturated carbocycles. The topological polar surface area (TPSA) is 63.4 Å². The van der Waals surface area contributed by atoms with Crippen LogP contribution in [0.1, 0.15) is 12.5 Å². The molecule has 1 aromatic rings. The maximum Gasteiger partial charge on any atom is 0.243 e. The third-order valence-electron chi connectivity index (χ3n) is 3.14. The van der Waals surface area contributed by atoms with Gasteiger partial charge in [-0.15, -0.1) is 0 Å².